The lowest BCUT2D eigenvalue weighted by molar-refractivity contribution is 0.969. The molecule has 4 nitrogen and oxygen atoms in total. The molecule has 0 spiro atoms. The lowest BCUT2D eigenvalue weighted by Gasteiger charge is -1.95. The van der Waals surface area contributed by atoms with Crippen LogP contribution in [0.25, 0.3) is 11.0 Å². The summed E-state index contributed by atoms with van der Waals surface area (Å²) in [6, 6.07) is 0. The number of nitrogens with one attached hydrogen (secondary N) is 1. The van der Waals surface area contributed by atoms with E-state index < -0.39 is 0 Å². The minimum absolute atomic E-state index is 0.774. The summed E-state index contributed by atoms with van der Waals surface area (Å²) in [5, 5.41) is 8.47. The summed E-state index contributed by atoms with van der Waals surface area (Å²) in [7, 11) is 0. The third-order valence-electron chi connectivity index (χ3n) is 1.43. The molecular formula is C6H5IN4S. The zero-order chi connectivity index (χ0) is 8.55. The molecule has 0 aliphatic carbocycles. The Morgan fingerprint density at radius 2 is 2.33 bits per heavy atom. The van der Waals surface area contributed by atoms with Crippen LogP contribution >= 0.6 is 34.4 Å². The third kappa shape index (κ3) is 1.28. The number of fused-ring (bicyclic) bond motifs is 1. The monoisotopic (exact) mass is 292 g/mol. The Morgan fingerprint density at radius 3 is 3.08 bits per heavy atom. The van der Waals surface area contributed by atoms with Crippen molar-refractivity contribution in [3.05, 3.63) is 9.90 Å². The fourth-order valence-electron chi connectivity index (χ4n) is 0.872. The molecule has 0 aliphatic heterocycles. The fraction of sp³-hybridized carbons (Fsp3) is 0.167. The lowest BCUT2D eigenvalue weighted by Crippen LogP contribution is -1.89. The van der Waals surface area contributed by atoms with Crippen molar-refractivity contribution in [2.24, 2.45) is 0 Å². The van der Waals surface area contributed by atoms with E-state index >= 15 is 0 Å². The highest BCUT2D eigenvalue weighted by Crippen LogP contribution is 2.18. The first-order valence-electron chi connectivity index (χ1n) is 3.22. The maximum Gasteiger partial charge on any atom is 0.190 e. The molecule has 12 heavy (non-hydrogen) atoms. The average molecular weight is 292 g/mol. The summed E-state index contributed by atoms with van der Waals surface area (Å²) in [6.45, 7) is 0. The predicted molar refractivity (Wildman–Crippen MR) is 56.2 cm³/mol. The minimum atomic E-state index is 0.774. The first kappa shape index (κ1) is 8.24. The molecule has 6 heteroatoms. The number of aromatic nitrogens is 4. The first-order valence-corrected chi connectivity index (χ1v) is 5.52. The molecule has 0 aromatic carbocycles. The normalized spacial score (nSPS) is 10.8. The van der Waals surface area contributed by atoms with E-state index in [4.69, 9.17) is 0 Å². The van der Waals surface area contributed by atoms with Crippen LogP contribution in [0, 0.1) is 3.70 Å². The fourth-order valence-corrected chi connectivity index (χ4v) is 2.02. The van der Waals surface area contributed by atoms with E-state index in [1.54, 1.807) is 6.20 Å². The molecule has 0 saturated carbocycles. The lowest BCUT2D eigenvalue weighted by atomic mass is 10.5. The van der Waals surface area contributed by atoms with Crippen LogP contribution in [-0.2, 0) is 0 Å². The Balaban J connectivity index is 2.75. The molecule has 0 unspecified atom stereocenters. The van der Waals surface area contributed by atoms with Gasteiger partial charge in [-0.1, -0.05) is 11.8 Å². The van der Waals surface area contributed by atoms with E-state index in [2.05, 4.69) is 42.8 Å². The molecule has 0 saturated heterocycles. The van der Waals surface area contributed by atoms with E-state index in [-0.39, 0.29) is 0 Å². The molecule has 2 heterocycles. The molecule has 0 amide bonds. The molecule has 2 rings (SSSR count). The Hall–Kier alpha value is -0.370. The molecule has 0 radical (unpaired) electrons. The SMILES string of the molecule is CSc1nc(I)c2cn[nH]c2n1. The maximum absolute atomic E-state index is 4.27. The van der Waals surface area contributed by atoms with Crippen LogP contribution in [-0.4, -0.2) is 26.4 Å². The van der Waals surface area contributed by atoms with Gasteiger partial charge >= 0.3 is 0 Å². The van der Waals surface area contributed by atoms with Crippen molar-refractivity contribution in [2.75, 3.05) is 6.26 Å². The highest BCUT2D eigenvalue weighted by atomic mass is 127. The average Bonchev–Trinajstić information content (AvgIpc) is 2.52. The van der Waals surface area contributed by atoms with E-state index in [0.717, 1.165) is 19.9 Å². The number of halogens is 1. The van der Waals surface area contributed by atoms with Crippen molar-refractivity contribution < 1.29 is 0 Å². The zero-order valence-electron chi connectivity index (χ0n) is 6.21. The Bertz CT molecular complexity index is 413. The van der Waals surface area contributed by atoms with Crippen LogP contribution in [0.15, 0.2) is 11.4 Å². The van der Waals surface area contributed by atoms with Crippen molar-refractivity contribution in [1.82, 2.24) is 20.2 Å². The number of nitrogens with zero attached hydrogens (tertiary/aromatic N) is 3. The van der Waals surface area contributed by atoms with Crippen LogP contribution in [0.4, 0.5) is 0 Å². The van der Waals surface area contributed by atoms with Gasteiger partial charge in [0.05, 0.1) is 11.6 Å². The van der Waals surface area contributed by atoms with Gasteiger partial charge < -0.3 is 0 Å². The van der Waals surface area contributed by atoms with Crippen LogP contribution in [0.2, 0.25) is 0 Å². The van der Waals surface area contributed by atoms with Crippen molar-refractivity contribution >= 4 is 45.4 Å². The van der Waals surface area contributed by atoms with Gasteiger partial charge in [0.2, 0.25) is 0 Å². The quantitative estimate of drug-likeness (QED) is 0.376. The van der Waals surface area contributed by atoms with Gasteiger partial charge in [-0.2, -0.15) is 5.10 Å². The molecule has 1 N–H and O–H groups in total. The van der Waals surface area contributed by atoms with Gasteiger partial charge in [0, 0.05) is 0 Å². The molecule has 2 aromatic heterocycles. The number of aromatic amines is 1. The second kappa shape index (κ2) is 3.17. The molecule has 62 valence electrons. The maximum atomic E-state index is 4.27. The summed E-state index contributed by atoms with van der Waals surface area (Å²) < 4.78 is 0.940. The van der Waals surface area contributed by atoms with Gasteiger partial charge in [0.15, 0.2) is 10.8 Å². The summed E-state index contributed by atoms with van der Waals surface area (Å²) in [6.07, 6.45) is 3.69. The Morgan fingerprint density at radius 1 is 1.50 bits per heavy atom. The first-order chi connectivity index (χ1) is 5.81. The topological polar surface area (TPSA) is 54.5 Å². The molecule has 2 aromatic rings. The molecular weight excluding hydrogens is 287 g/mol. The van der Waals surface area contributed by atoms with E-state index in [1.165, 1.54) is 11.8 Å². The van der Waals surface area contributed by atoms with Crippen LogP contribution in [0.5, 0.6) is 0 Å². The Labute approximate surface area is 86.7 Å². The van der Waals surface area contributed by atoms with E-state index in [1.807, 2.05) is 6.26 Å². The second-order valence-corrected chi connectivity index (χ2v) is 3.93. The van der Waals surface area contributed by atoms with Crippen LogP contribution < -0.4 is 0 Å². The van der Waals surface area contributed by atoms with Gasteiger partial charge in [-0.15, -0.1) is 0 Å². The number of thioether (sulfide) groups is 1. The standard InChI is InChI=1S/C6H5IN4S/c1-12-6-9-4(7)3-2-8-11-5(3)10-6/h2H,1H3,(H,8,9,10,11). The summed E-state index contributed by atoms with van der Waals surface area (Å²) in [5.74, 6) is 0. The minimum Gasteiger partial charge on any atom is -0.261 e. The molecule has 0 bridgehead atoms. The summed E-state index contributed by atoms with van der Waals surface area (Å²) in [4.78, 5) is 8.51. The highest BCUT2D eigenvalue weighted by Gasteiger charge is 2.05. The van der Waals surface area contributed by atoms with Gasteiger partial charge in [-0.05, 0) is 28.8 Å². The second-order valence-electron chi connectivity index (χ2n) is 2.13. The van der Waals surface area contributed by atoms with Crippen LogP contribution in [0.3, 0.4) is 0 Å². The van der Waals surface area contributed by atoms with E-state index in [9.17, 15) is 0 Å². The van der Waals surface area contributed by atoms with Gasteiger partial charge in [-0.3, -0.25) is 5.10 Å². The van der Waals surface area contributed by atoms with Crippen LogP contribution in [0.1, 0.15) is 0 Å². The largest absolute Gasteiger partial charge is 0.261 e. The van der Waals surface area contributed by atoms with Crippen molar-refractivity contribution in [2.45, 2.75) is 5.16 Å². The summed E-state index contributed by atoms with van der Waals surface area (Å²) in [5.41, 5.74) is 0.804. The van der Waals surface area contributed by atoms with Gasteiger partial charge in [0.25, 0.3) is 0 Å². The van der Waals surface area contributed by atoms with Crippen molar-refractivity contribution in [3.63, 3.8) is 0 Å². The molecule has 0 atom stereocenters. The smallest absolute Gasteiger partial charge is 0.190 e. The number of hydrogen-bond acceptors (Lipinski definition) is 4. The zero-order valence-corrected chi connectivity index (χ0v) is 9.18. The Kier molecular flexibility index (Phi) is 2.18. The van der Waals surface area contributed by atoms with Gasteiger partial charge in [-0.25, -0.2) is 9.97 Å². The predicted octanol–water partition coefficient (Wildman–Crippen LogP) is 1.68. The summed E-state index contributed by atoms with van der Waals surface area (Å²) >= 11 is 3.71. The van der Waals surface area contributed by atoms with Crippen molar-refractivity contribution in [1.29, 1.82) is 0 Å². The number of H-pyrrole nitrogens is 1. The molecule has 0 aliphatic rings. The van der Waals surface area contributed by atoms with E-state index in [0.29, 0.717) is 0 Å². The number of hydrogen-bond donors (Lipinski definition) is 1. The highest BCUT2D eigenvalue weighted by molar-refractivity contribution is 14.1. The molecule has 0 fully saturated rings. The number of rotatable bonds is 1. The third-order valence-corrected chi connectivity index (χ3v) is 2.80. The van der Waals surface area contributed by atoms with Gasteiger partial charge in [0.1, 0.15) is 3.70 Å². The van der Waals surface area contributed by atoms with Crippen molar-refractivity contribution in [3.8, 4) is 0 Å².